The molecule has 1 saturated heterocycles. The number of thioether (sulfide) groups is 1. The molecule has 1 aliphatic heterocycles. The Hall–Kier alpha value is -2.48. The van der Waals surface area contributed by atoms with Gasteiger partial charge in [0.1, 0.15) is 36.3 Å². The molecule has 0 bridgehead atoms. The van der Waals surface area contributed by atoms with Crippen molar-refractivity contribution >= 4 is 69.1 Å². The summed E-state index contributed by atoms with van der Waals surface area (Å²) in [5, 5.41) is 36.1. The molecule has 2 aromatic rings. The molecule has 8 atom stereocenters. The molecule has 29 heteroatoms. The Kier molecular flexibility index (Phi) is 18.8. The van der Waals surface area contributed by atoms with Crippen molar-refractivity contribution in [2.75, 3.05) is 37.8 Å². The van der Waals surface area contributed by atoms with E-state index in [1.165, 1.54) is 13.8 Å². The summed E-state index contributed by atoms with van der Waals surface area (Å²) in [6, 6.07) is 0. The normalized spacial score (nSPS) is 21.9. The molecular weight excluding hydrogens is 859 g/mol. The van der Waals surface area contributed by atoms with Crippen molar-refractivity contribution in [2.24, 2.45) is 5.41 Å². The van der Waals surface area contributed by atoms with E-state index in [1.54, 1.807) is 0 Å². The van der Waals surface area contributed by atoms with Crippen LogP contribution < -0.4 is 16.4 Å². The Morgan fingerprint density at radius 2 is 1.71 bits per heavy atom. The number of anilines is 1. The predicted octanol–water partition coefficient (Wildman–Crippen LogP) is -0.00400. The zero-order chi connectivity index (χ0) is 43.5. The van der Waals surface area contributed by atoms with Gasteiger partial charge in [0.25, 0.3) is 0 Å². The van der Waals surface area contributed by atoms with Crippen LogP contribution in [0, 0.1) is 5.41 Å². The van der Waals surface area contributed by atoms with E-state index in [4.69, 9.17) is 19.5 Å². The Morgan fingerprint density at radius 3 is 2.38 bits per heavy atom. The highest BCUT2D eigenvalue weighted by molar-refractivity contribution is 8.13. The van der Waals surface area contributed by atoms with Gasteiger partial charge < -0.3 is 56.0 Å². The maximum absolute atomic E-state index is 12.7. The maximum atomic E-state index is 12.7. The number of imidazole rings is 1. The lowest BCUT2D eigenvalue weighted by Gasteiger charge is -2.30. The third-order valence-corrected chi connectivity index (χ3v) is 12.4. The SMILES string of the molecule is CCCCC(O)CCC(=O)SCCNC(=O)CCNC(=O)C(O)C(C)(C)COP(=O)(O)OP(=O)(O)OCC1OC(n2cnc3c(N)ncnc32)C(O)C1OP(=O)(O)O. The molecule has 330 valence electrons. The van der Waals surface area contributed by atoms with E-state index in [2.05, 4.69) is 34.4 Å². The number of nitrogens with one attached hydrogen (secondary N) is 2. The summed E-state index contributed by atoms with van der Waals surface area (Å²) < 4.78 is 62.1. The second kappa shape index (κ2) is 21.9. The van der Waals surface area contributed by atoms with E-state index in [0.717, 1.165) is 41.8 Å². The van der Waals surface area contributed by atoms with Gasteiger partial charge in [0.05, 0.1) is 25.6 Å². The zero-order valence-corrected chi connectivity index (χ0v) is 35.1. The minimum Gasteiger partial charge on any atom is -0.393 e. The summed E-state index contributed by atoms with van der Waals surface area (Å²) in [4.78, 5) is 87.6. The van der Waals surface area contributed by atoms with Gasteiger partial charge in [0.2, 0.25) is 11.8 Å². The third-order valence-electron chi connectivity index (χ3n) is 8.34. The van der Waals surface area contributed by atoms with Crippen molar-refractivity contribution in [3.05, 3.63) is 12.7 Å². The Bertz CT molecular complexity index is 1850. The van der Waals surface area contributed by atoms with Crippen LogP contribution in [0.25, 0.3) is 11.2 Å². The van der Waals surface area contributed by atoms with Gasteiger partial charge in [-0.1, -0.05) is 45.4 Å². The molecule has 8 unspecified atom stereocenters. The Balaban J connectivity index is 1.45. The van der Waals surface area contributed by atoms with Crippen molar-refractivity contribution in [3.8, 4) is 0 Å². The number of carbonyl (C=O) groups excluding carboxylic acids is 3. The van der Waals surface area contributed by atoms with Crippen LogP contribution in [0.4, 0.5) is 5.82 Å². The largest absolute Gasteiger partial charge is 0.481 e. The van der Waals surface area contributed by atoms with Crippen LogP contribution in [0.5, 0.6) is 0 Å². The van der Waals surface area contributed by atoms with E-state index in [9.17, 15) is 63.0 Å². The van der Waals surface area contributed by atoms with Crippen LogP contribution in [-0.4, -0.2) is 134 Å². The molecule has 0 aliphatic carbocycles. The average molecular weight is 910 g/mol. The van der Waals surface area contributed by atoms with Gasteiger partial charge in [-0.2, -0.15) is 4.31 Å². The fraction of sp³-hybridized carbons (Fsp3) is 0.724. The molecule has 2 amide bonds. The van der Waals surface area contributed by atoms with Crippen molar-refractivity contribution < 1.29 is 85.6 Å². The lowest BCUT2D eigenvalue weighted by atomic mass is 9.87. The lowest BCUT2D eigenvalue weighted by molar-refractivity contribution is -0.137. The Labute approximate surface area is 336 Å². The topological polar surface area (TPSA) is 384 Å². The summed E-state index contributed by atoms with van der Waals surface area (Å²) >= 11 is 1.02. The summed E-state index contributed by atoms with van der Waals surface area (Å²) in [6.07, 6.45) is -4.45. The number of aliphatic hydroxyl groups excluding tert-OH is 3. The number of phosphoric ester groups is 3. The first kappa shape index (κ1) is 49.9. The number of rotatable bonds is 25. The maximum Gasteiger partial charge on any atom is 0.481 e. The molecule has 0 spiro atoms. The number of unbranched alkanes of at least 4 members (excludes halogenated alkanes) is 1. The summed E-state index contributed by atoms with van der Waals surface area (Å²) in [5.74, 6) is -1.19. The van der Waals surface area contributed by atoms with Crippen LogP contribution in [0.1, 0.15) is 65.5 Å². The van der Waals surface area contributed by atoms with Gasteiger partial charge in [0.15, 0.2) is 22.8 Å². The number of nitrogen functional groups attached to an aromatic ring is 1. The third kappa shape index (κ3) is 15.8. The molecule has 0 radical (unpaired) electrons. The van der Waals surface area contributed by atoms with Crippen molar-refractivity contribution in [2.45, 2.75) is 96.0 Å². The van der Waals surface area contributed by atoms with Gasteiger partial charge in [-0.3, -0.25) is 32.5 Å². The first-order valence-corrected chi connectivity index (χ1v) is 23.2. The predicted molar refractivity (Wildman–Crippen MR) is 202 cm³/mol. The molecule has 25 nitrogen and oxygen atoms in total. The highest BCUT2D eigenvalue weighted by atomic mass is 32.2. The first-order valence-electron chi connectivity index (χ1n) is 17.7. The molecule has 3 heterocycles. The van der Waals surface area contributed by atoms with E-state index < -0.39 is 90.7 Å². The standard InChI is InChI=1S/C29H50N7O18P3S/c1-4-5-6-17(37)7-8-20(39)58-12-11-31-19(38)9-10-32-27(42)24(41)29(2,3)14-51-57(48,49)54-56(46,47)50-13-18-23(53-55(43,44)45)22(40)28(52-18)36-16-35-21-25(30)33-15-34-26(21)36/h15-18,22-24,28,37,40-41H,4-14H2,1-3H3,(H,31,38)(H,32,42)(H,46,47)(H,48,49)(H2,30,33,34)(H2,43,44,45). The highest BCUT2D eigenvalue weighted by Crippen LogP contribution is 2.61. The van der Waals surface area contributed by atoms with Crippen molar-refractivity contribution in [1.29, 1.82) is 0 Å². The molecule has 1 aliphatic rings. The van der Waals surface area contributed by atoms with Crippen LogP contribution in [0.3, 0.4) is 0 Å². The molecule has 58 heavy (non-hydrogen) atoms. The average Bonchev–Trinajstić information content (AvgIpc) is 3.69. The minimum absolute atomic E-state index is 0.0272. The number of nitrogens with zero attached hydrogens (tertiary/aromatic N) is 4. The van der Waals surface area contributed by atoms with E-state index >= 15 is 0 Å². The van der Waals surface area contributed by atoms with Gasteiger partial charge in [-0.15, -0.1) is 0 Å². The number of carbonyl (C=O) groups is 3. The molecule has 11 N–H and O–H groups in total. The van der Waals surface area contributed by atoms with E-state index in [-0.39, 0.29) is 48.0 Å². The molecule has 3 rings (SSSR count). The van der Waals surface area contributed by atoms with Gasteiger partial charge in [-0.25, -0.2) is 28.6 Å². The molecule has 0 saturated carbocycles. The van der Waals surface area contributed by atoms with Crippen LogP contribution in [-0.2, 0) is 50.7 Å². The zero-order valence-electron chi connectivity index (χ0n) is 31.6. The first-order chi connectivity index (χ1) is 26.9. The van der Waals surface area contributed by atoms with Gasteiger partial charge in [-0.05, 0) is 12.8 Å². The monoisotopic (exact) mass is 909 g/mol. The van der Waals surface area contributed by atoms with E-state index in [1.807, 2.05) is 6.92 Å². The Morgan fingerprint density at radius 1 is 1.02 bits per heavy atom. The lowest BCUT2D eigenvalue weighted by Crippen LogP contribution is -2.46. The van der Waals surface area contributed by atoms with Crippen molar-refractivity contribution in [3.63, 3.8) is 0 Å². The minimum atomic E-state index is -5.58. The second-order valence-corrected chi connectivity index (χ2v) is 19.0. The highest BCUT2D eigenvalue weighted by Gasteiger charge is 2.50. The number of aliphatic hydroxyl groups is 3. The number of hydrogen-bond donors (Lipinski definition) is 10. The molecular formula is C29H50N7O18P3S. The number of fused-ring (bicyclic) bond motifs is 1. The molecule has 0 aromatic carbocycles. The van der Waals surface area contributed by atoms with E-state index in [0.29, 0.717) is 18.6 Å². The number of amides is 2. The van der Waals surface area contributed by atoms with Gasteiger partial charge in [0, 0.05) is 37.1 Å². The summed E-state index contributed by atoms with van der Waals surface area (Å²) in [6.45, 7) is 2.42. The fourth-order valence-corrected chi connectivity index (χ4v) is 8.76. The number of ether oxygens (including phenoxy) is 1. The van der Waals surface area contributed by atoms with Crippen LogP contribution in [0.15, 0.2) is 12.7 Å². The number of aromatic nitrogens is 4. The summed E-state index contributed by atoms with van der Waals surface area (Å²) in [5.41, 5.74) is 4.24. The number of nitrogens with two attached hydrogens (primary N) is 1. The number of phosphoric acid groups is 3. The second-order valence-electron chi connectivity index (χ2n) is 13.6. The molecule has 2 aromatic heterocycles. The van der Waals surface area contributed by atoms with Crippen LogP contribution >= 0.6 is 35.2 Å². The fourth-order valence-electron chi connectivity index (χ4n) is 5.24. The number of hydrogen-bond acceptors (Lipinski definition) is 19. The van der Waals surface area contributed by atoms with Gasteiger partial charge >= 0.3 is 23.5 Å². The quantitative estimate of drug-likeness (QED) is 0.0463. The summed E-state index contributed by atoms with van der Waals surface area (Å²) in [7, 11) is -16.4. The molecule has 1 fully saturated rings. The van der Waals surface area contributed by atoms with Crippen LogP contribution in [0.2, 0.25) is 0 Å². The smallest absolute Gasteiger partial charge is 0.393 e. The van der Waals surface area contributed by atoms with Crippen molar-refractivity contribution in [1.82, 2.24) is 30.2 Å².